The van der Waals surface area contributed by atoms with Crippen LogP contribution in [-0.4, -0.2) is 75.8 Å². The number of nitrogens with zero attached hydrogens (tertiary/aromatic N) is 5. The molecule has 0 atom stereocenters. The second-order valence-electron chi connectivity index (χ2n) is 7.72. The smallest absolute Gasteiger partial charge is 0.193 e. The molecule has 0 radical (unpaired) electrons. The maximum absolute atomic E-state index is 5.36. The largest absolute Gasteiger partial charge is 0.497 e. The summed E-state index contributed by atoms with van der Waals surface area (Å²) in [4.78, 5) is 16.5. The summed E-state index contributed by atoms with van der Waals surface area (Å²) >= 11 is 1.77. The summed E-state index contributed by atoms with van der Waals surface area (Å²) < 4.78 is 5.36. The van der Waals surface area contributed by atoms with E-state index < -0.39 is 0 Å². The van der Waals surface area contributed by atoms with Gasteiger partial charge in [-0.15, -0.1) is 35.3 Å². The fraction of sp³-hybridized carbons (Fsp3) is 0.545. The molecule has 9 heteroatoms. The Balaban J connectivity index is 0.00000272. The van der Waals surface area contributed by atoms with E-state index in [4.69, 9.17) is 9.72 Å². The summed E-state index contributed by atoms with van der Waals surface area (Å²) in [6.07, 6.45) is 3.50. The standard InChI is InChI=1S/C22H32N6OS.HI/c1-23-21(24-9-8-18-17-30-22(25-18)28-10-3-4-11-28)27-14-12-26(13-15-27)19-6-5-7-20(16-19)29-2;/h5-7,16-17H,3-4,8-15H2,1-2H3,(H,23,24);1H. The molecule has 2 fully saturated rings. The molecule has 0 spiro atoms. The number of anilines is 2. The van der Waals surface area contributed by atoms with Crippen molar-refractivity contribution in [3.05, 3.63) is 35.3 Å². The molecular weight excluding hydrogens is 523 g/mol. The third-order valence-corrected chi connectivity index (χ3v) is 6.74. The number of thiazole rings is 1. The van der Waals surface area contributed by atoms with Crippen LogP contribution in [0, 0.1) is 0 Å². The van der Waals surface area contributed by atoms with Gasteiger partial charge in [0.05, 0.1) is 12.8 Å². The summed E-state index contributed by atoms with van der Waals surface area (Å²) in [5.74, 6) is 1.89. The second kappa shape index (κ2) is 11.8. The first kappa shape index (κ1) is 23.9. The van der Waals surface area contributed by atoms with Gasteiger partial charge < -0.3 is 24.8 Å². The molecule has 31 heavy (non-hydrogen) atoms. The van der Waals surface area contributed by atoms with E-state index >= 15 is 0 Å². The molecule has 3 heterocycles. The summed E-state index contributed by atoms with van der Waals surface area (Å²) in [6, 6.07) is 8.29. The summed E-state index contributed by atoms with van der Waals surface area (Å²) in [5.41, 5.74) is 2.39. The van der Waals surface area contributed by atoms with E-state index in [0.29, 0.717) is 0 Å². The van der Waals surface area contributed by atoms with Crippen molar-refractivity contribution < 1.29 is 4.74 Å². The fourth-order valence-corrected chi connectivity index (χ4v) is 5.00. The first-order valence-electron chi connectivity index (χ1n) is 10.8. The van der Waals surface area contributed by atoms with E-state index in [1.807, 2.05) is 13.1 Å². The monoisotopic (exact) mass is 556 g/mol. The third kappa shape index (κ3) is 6.15. The van der Waals surface area contributed by atoms with Gasteiger partial charge in [-0.25, -0.2) is 4.98 Å². The van der Waals surface area contributed by atoms with Crippen LogP contribution in [0.4, 0.5) is 10.8 Å². The molecule has 1 aromatic carbocycles. The zero-order valence-corrected chi connectivity index (χ0v) is 21.6. The third-order valence-electron chi connectivity index (χ3n) is 5.79. The highest BCUT2D eigenvalue weighted by molar-refractivity contribution is 14.0. The number of methoxy groups -OCH3 is 1. The molecule has 0 bridgehead atoms. The van der Waals surface area contributed by atoms with E-state index in [2.05, 4.69) is 48.6 Å². The van der Waals surface area contributed by atoms with Crippen molar-refractivity contribution in [3.8, 4) is 5.75 Å². The SMILES string of the molecule is CN=C(NCCc1csc(N2CCCC2)n1)N1CCN(c2cccc(OC)c2)CC1.I. The van der Waals surface area contributed by atoms with E-state index in [1.54, 1.807) is 18.4 Å². The minimum absolute atomic E-state index is 0. The predicted molar refractivity (Wildman–Crippen MR) is 141 cm³/mol. The first-order valence-corrected chi connectivity index (χ1v) is 11.7. The van der Waals surface area contributed by atoms with Crippen LogP contribution >= 0.6 is 35.3 Å². The van der Waals surface area contributed by atoms with E-state index in [9.17, 15) is 0 Å². The van der Waals surface area contributed by atoms with E-state index in [-0.39, 0.29) is 24.0 Å². The van der Waals surface area contributed by atoms with Gasteiger partial charge in [-0.2, -0.15) is 0 Å². The Kier molecular flexibility index (Phi) is 9.06. The highest BCUT2D eigenvalue weighted by Crippen LogP contribution is 2.24. The van der Waals surface area contributed by atoms with Crippen molar-refractivity contribution in [1.29, 1.82) is 0 Å². The molecule has 7 nitrogen and oxygen atoms in total. The van der Waals surface area contributed by atoms with E-state index in [0.717, 1.165) is 63.9 Å². The zero-order chi connectivity index (χ0) is 20.8. The second-order valence-corrected chi connectivity index (χ2v) is 8.55. The highest BCUT2D eigenvalue weighted by Gasteiger charge is 2.20. The molecule has 0 unspecified atom stereocenters. The molecule has 0 aliphatic carbocycles. The lowest BCUT2D eigenvalue weighted by atomic mass is 10.2. The quantitative estimate of drug-likeness (QED) is 0.335. The molecule has 0 amide bonds. The average molecular weight is 557 g/mol. The summed E-state index contributed by atoms with van der Waals surface area (Å²) in [6.45, 7) is 7.00. The van der Waals surface area contributed by atoms with Crippen LogP contribution in [0.2, 0.25) is 0 Å². The number of hydrogen-bond acceptors (Lipinski definition) is 6. The van der Waals surface area contributed by atoms with Gasteiger partial charge in [0.15, 0.2) is 11.1 Å². The topological polar surface area (TPSA) is 56.2 Å². The number of aliphatic imine (C=N–C) groups is 1. The van der Waals surface area contributed by atoms with Gasteiger partial charge in [-0.3, -0.25) is 4.99 Å². The number of guanidine groups is 1. The van der Waals surface area contributed by atoms with Gasteiger partial charge >= 0.3 is 0 Å². The Morgan fingerprint density at radius 2 is 1.90 bits per heavy atom. The number of benzene rings is 1. The van der Waals surface area contributed by atoms with Crippen LogP contribution in [0.15, 0.2) is 34.6 Å². The lowest BCUT2D eigenvalue weighted by Crippen LogP contribution is -2.52. The van der Waals surface area contributed by atoms with Crippen LogP contribution in [0.3, 0.4) is 0 Å². The van der Waals surface area contributed by atoms with Crippen molar-refractivity contribution in [3.63, 3.8) is 0 Å². The minimum Gasteiger partial charge on any atom is -0.497 e. The Labute approximate surface area is 206 Å². The Hall–Kier alpha value is -1.75. The first-order chi connectivity index (χ1) is 14.8. The van der Waals surface area contributed by atoms with Crippen LogP contribution < -0.4 is 19.9 Å². The maximum atomic E-state index is 5.36. The number of aromatic nitrogens is 1. The van der Waals surface area contributed by atoms with Gasteiger partial charge in [0.2, 0.25) is 0 Å². The van der Waals surface area contributed by atoms with Crippen LogP contribution in [-0.2, 0) is 6.42 Å². The fourth-order valence-electron chi connectivity index (χ4n) is 4.08. The predicted octanol–water partition coefficient (Wildman–Crippen LogP) is 3.31. The molecule has 4 rings (SSSR count). The number of halogens is 1. The minimum atomic E-state index is 0. The Morgan fingerprint density at radius 3 is 2.61 bits per heavy atom. The van der Waals surface area contributed by atoms with Crippen molar-refractivity contribution in [2.24, 2.45) is 4.99 Å². The zero-order valence-electron chi connectivity index (χ0n) is 18.4. The van der Waals surface area contributed by atoms with Gasteiger partial charge in [-0.05, 0) is 25.0 Å². The number of ether oxygens (including phenoxy) is 1. The van der Waals surface area contributed by atoms with Crippen molar-refractivity contribution in [2.45, 2.75) is 19.3 Å². The summed E-state index contributed by atoms with van der Waals surface area (Å²) in [7, 11) is 3.58. The molecule has 1 N–H and O–H groups in total. The molecule has 2 saturated heterocycles. The van der Waals surface area contributed by atoms with Crippen molar-refractivity contribution in [1.82, 2.24) is 15.2 Å². The molecule has 1 aromatic heterocycles. The number of rotatable bonds is 6. The molecule has 170 valence electrons. The van der Waals surface area contributed by atoms with Gasteiger partial charge in [0, 0.05) is 76.4 Å². The highest BCUT2D eigenvalue weighted by atomic mass is 127. The number of hydrogen-bond donors (Lipinski definition) is 1. The van der Waals surface area contributed by atoms with Crippen LogP contribution in [0.1, 0.15) is 18.5 Å². The molecule has 2 aliphatic rings. The van der Waals surface area contributed by atoms with Crippen LogP contribution in [0.5, 0.6) is 5.75 Å². The molecular formula is C22H33IN6OS. The van der Waals surface area contributed by atoms with Crippen LogP contribution in [0.25, 0.3) is 0 Å². The lowest BCUT2D eigenvalue weighted by molar-refractivity contribution is 0.372. The van der Waals surface area contributed by atoms with E-state index in [1.165, 1.54) is 29.4 Å². The normalized spacial score (nSPS) is 17.0. The Morgan fingerprint density at radius 1 is 1.13 bits per heavy atom. The van der Waals surface area contributed by atoms with Gasteiger partial charge in [0.25, 0.3) is 0 Å². The van der Waals surface area contributed by atoms with Crippen molar-refractivity contribution in [2.75, 3.05) is 69.8 Å². The van der Waals surface area contributed by atoms with Gasteiger partial charge in [-0.1, -0.05) is 6.07 Å². The molecule has 0 saturated carbocycles. The lowest BCUT2D eigenvalue weighted by Gasteiger charge is -2.37. The van der Waals surface area contributed by atoms with Crippen molar-refractivity contribution >= 4 is 52.1 Å². The molecule has 2 aliphatic heterocycles. The van der Waals surface area contributed by atoms with Gasteiger partial charge in [0.1, 0.15) is 5.75 Å². The maximum Gasteiger partial charge on any atom is 0.193 e. The number of nitrogens with one attached hydrogen (secondary N) is 1. The summed E-state index contributed by atoms with van der Waals surface area (Å²) in [5, 5.41) is 6.91. The molecule has 2 aromatic rings. The average Bonchev–Trinajstić information content (AvgIpc) is 3.49. The number of piperazine rings is 1. The Bertz CT molecular complexity index is 846.